The van der Waals surface area contributed by atoms with E-state index < -0.39 is 11.7 Å². The third-order valence-electron chi connectivity index (χ3n) is 2.13. The van der Waals surface area contributed by atoms with Crippen molar-refractivity contribution in [3.05, 3.63) is 47.1 Å². The SMILES string of the molecule is C=C1C=C(F)C(C(C)C)=C(F)C=C1C#N. The van der Waals surface area contributed by atoms with Gasteiger partial charge in [0.2, 0.25) is 0 Å². The maximum absolute atomic E-state index is 13.5. The zero-order chi connectivity index (χ0) is 11.6. The Labute approximate surface area is 87.7 Å². The van der Waals surface area contributed by atoms with Crippen molar-refractivity contribution in [2.24, 2.45) is 5.92 Å². The Balaban J connectivity index is 3.39. The molecule has 1 aliphatic rings. The maximum atomic E-state index is 13.5. The molecule has 1 aliphatic carbocycles. The molecule has 0 heterocycles. The van der Waals surface area contributed by atoms with Crippen molar-refractivity contribution in [3.8, 4) is 6.07 Å². The first kappa shape index (κ1) is 11.4. The lowest BCUT2D eigenvalue weighted by Crippen LogP contribution is -1.96. The fourth-order valence-corrected chi connectivity index (χ4v) is 1.38. The van der Waals surface area contributed by atoms with Gasteiger partial charge in [-0.2, -0.15) is 5.26 Å². The second-order valence-electron chi connectivity index (χ2n) is 3.60. The van der Waals surface area contributed by atoms with Crippen LogP contribution >= 0.6 is 0 Å². The van der Waals surface area contributed by atoms with E-state index in [-0.39, 0.29) is 22.6 Å². The van der Waals surface area contributed by atoms with Crippen molar-refractivity contribution in [1.82, 2.24) is 0 Å². The quantitative estimate of drug-likeness (QED) is 0.642. The molecule has 0 radical (unpaired) electrons. The summed E-state index contributed by atoms with van der Waals surface area (Å²) in [4.78, 5) is 0. The molecule has 0 saturated carbocycles. The molecule has 0 spiro atoms. The third kappa shape index (κ3) is 2.21. The summed E-state index contributed by atoms with van der Waals surface area (Å²) in [5, 5.41) is 8.70. The van der Waals surface area contributed by atoms with E-state index in [4.69, 9.17) is 5.26 Å². The molecule has 0 aromatic rings. The van der Waals surface area contributed by atoms with Crippen molar-refractivity contribution in [2.75, 3.05) is 0 Å². The van der Waals surface area contributed by atoms with Gasteiger partial charge in [-0.1, -0.05) is 20.4 Å². The lowest BCUT2D eigenvalue weighted by molar-refractivity contribution is 0.566. The van der Waals surface area contributed by atoms with E-state index >= 15 is 0 Å². The molecule has 0 fully saturated rings. The molecule has 1 rings (SSSR count). The highest BCUT2D eigenvalue weighted by molar-refractivity contribution is 5.55. The van der Waals surface area contributed by atoms with Crippen LogP contribution in [0.3, 0.4) is 0 Å². The van der Waals surface area contributed by atoms with Gasteiger partial charge in [-0.15, -0.1) is 0 Å². The Bertz CT molecular complexity index is 431. The summed E-state index contributed by atoms with van der Waals surface area (Å²) in [6.45, 7) is 6.89. The minimum atomic E-state index is -0.700. The van der Waals surface area contributed by atoms with Crippen LogP contribution in [-0.2, 0) is 0 Å². The second-order valence-corrected chi connectivity index (χ2v) is 3.60. The smallest absolute Gasteiger partial charge is 0.130 e. The Morgan fingerprint density at radius 1 is 1.33 bits per heavy atom. The van der Waals surface area contributed by atoms with E-state index in [1.54, 1.807) is 19.9 Å². The number of halogens is 2. The molecule has 0 saturated heterocycles. The number of hydrogen-bond acceptors (Lipinski definition) is 1. The number of rotatable bonds is 1. The first-order valence-corrected chi connectivity index (χ1v) is 4.55. The normalized spacial score (nSPS) is 17.2. The first-order valence-electron chi connectivity index (χ1n) is 4.55. The van der Waals surface area contributed by atoms with Gasteiger partial charge < -0.3 is 0 Å². The summed E-state index contributed by atoms with van der Waals surface area (Å²) in [5.74, 6) is -1.63. The van der Waals surface area contributed by atoms with E-state index in [0.29, 0.717) is 0 Å². The van der Waals surface area contributed by atoms with Gasteiger partial charge in [0, 0.05) is 5.57 Å². The summed E-state index contributed by atoms with van der Waals surface area (Å²) in [5.41, 5.74) is 0.237. The molecule has 0 bridgehead atoms. The highest BCUT2D eigenvalue weighted by Gasteiger charge is 2.19. The van der Waals surface area contributed by atoms with Gasteiger partial charge in [0.25, 0.3) is 0 Å². The van der Waals surface area contributed by atoms with Crippen LogP contribution in [0.2, 0.25) is 0 Å². The van der Waals surface area contributed by atoms with Crippen molar-refractivity contribution in [2.45, 2.75) is 13.8 Å². The number of allylic oxidation sites excluding steroid dienone is 7. The fraction of sp³-hybridized carbons (Fsp3) is 0.250. The van der Waals surface area contributed by atoms with Gasteiger partial charge in [-0.25, -0.2) is 8.78 Å². The van der Waals surface area contributed by atoms with Gasteiger partial charge >= 0.3 is 0 Å². The van der Waals surface area contributed by atoms with Crippen LogP contribution in [0, 0.1) is 17.2 Å². The minimum absolute atomic E-state index is 0.0126. The van der Waals surface area contributed by atoms with Crippen LogP contribution in [0.1, 0.15) is 13.8 Å². The van der Waals surface area contributed by atoms with Crippen LogP contribution in [0.5, 0.6) is 0 Å². The lowest BCUT2D eigenvalue weighted by Gasteiger charge is -2.07. The van der Waals surface area contributed by atoms with Crippen LogP contribution < -0.4 is 0 Å². The van der Waals surface area contributed by atoms with E-state index in [1.807, 2.05) is 0 Å². The van der Waals surface area contributed by atoms with E-state index in [2.05, 4.69) is 6.58 Å². The van der Waals surface area contributed by atoms with Crippen molar-refractivity contribution in [3.63, 3.8) is 0 Å². The van der Waals surface area contributed by atoms with E-state index in [0.717, 1.165) is 12.2 Å². The van der Waals surface area contributed by atoms with Crippen LogP contribution in [0.4, 0.5) is 8.78 Å². The van der Waals surface area contributed by atoms with Gasteiger partial charge in [0.15, 0.2) is 0 Å². The van der Waals surface area contributed by atoms with Gasteiger partial charge in [-0.3, -0.25) is 0 Å². The third-order valence-corrected chi connectivity index (χ3v) is 2.13. The average molecular weight is 207 g/mol. The average Bonchev–Trinajstić information content (AvgIpc) is 2.22. The van der Waals surface area contributed by atoms with E-state index in [9.17, 15) is 8.78 Å². The summed E-state index contributed by atoms with van der Waals surface area (Å²) < 4.78 is 27.1. The number of nitrogens with zero attached hydrogens (tertiary/aromatic N) is 1. The first-order chi connectivity index (χ1) is 6.97. The molecule has 0 unspecified atom stereocenters. The maximum Gasteiger partial charge on any atom is 0.130 e. The minimum Gasteiger partial charge on any atom is -0.207 e. The zero-order valence-electron chi connectivity index (χ0n) is 8.64. The Morgan fingerprint density at radius 3 is 2.40 bits per heavy atom. The molecule has 0 amide bonds. The zero-order valence-corrected chi connectivity index (χ0v) is 8.64. The Morgan fingerprint density at radius 2 is 1.93 bits per heavy atom. The predicted molar refractivity (Wildman–Crippen MR) is 55.0 cm³/mol. The molecular weight excluding hydrogens is 196 g/mol. The molecular formula is C12H11F2N. The van der Waals surface area contributed by atoms with E-state index in [1.165, 1.54) is 0 Å². The van der Waals surface area contributed by atoms with Crippen molar-refractivity contribution in [1.29, 1.82) is 5.26 Å². The van der Waals surface area contributed by atoms with Crippen molar-refractivity contribution < 1.29 is 8.78 Å². The second kappa shape index (κ2) is 4.22. The summed E-state index contributed by atoms with van der Waals surface area (Å²) in [6, 6.07) is 1.78. The molecule has 1 nitrogen and oxygen atoms in total. The molecule has 78 valence electrons. The molecule has 0 N–H and O–H groups in total. The largest absolute Gasteiger partial charge is 0.207 e. The highest BCUT2D eigenvalue weighted by Crippen LogP contribution is 2.31. The van der Waals surface area contributed by atoms with Crippen LogP contribution in [0.15, 0.2) is 47.1 Å². The highest BCUT2D eigenvalue weighted by atomic mass is 19.1. The molecule has 3 heteroatoms. The van der Waals surface area contributed by atoms with Crippen LogP contribution in [0.25, 0.3) is 0 Å². The molecule has 15 heavy (non-hydrogen) atoms. The molecule has 0 aliphatic heterocycles. The Hall–Kier alpha value is -1.69. The standard InChI is InChI=1S/C12H11F2N/c1-7(2)12-10(13)4-8(3)9(6-15)5-11(12)14/h4-5,7H,3H2,1-2H3. The summed E-state index contributed by atoms with van der Waals surface area (Å²) in [7, 11) is 0. The predicted octanol–water partition coefficient (Wildman–Crippen LogP) is 3.74. The van der Waals surface area contributed by atoms with Crippen molar-refractivity contribution >= 4 is 0 Å². The topological polar surface area (TPSA) is 23.8 Å². The fourth-order valence-electron chi connectivity index (χ4n) is 1.38. The van der Waals surface area contributed by atoms with Gasteiger partial charge in [-0.05, 0) is 23.6 Å². The summed E-state index contributed by atoms with van der Waals surface area (Å²) in [6.07, 6.45) is 2.12. The number of hydrogen-bond donors (Lipinski definition) is 0. The van der Waals surface area contributed by atoms with Crippen LogP contribution in [-0.4, -0.2) is 0 Å². The van der Waals surface area contributed by atoms with Gasteiger partial charge in [0.05, 0.1) is 11.6 Å². The lowest BCUT2D eigenvalue weighted by atomic mass is 10.0. The number of nitriles is 1. The molecule has 0 aromatic carbocycles. The molecule has 0 aromatic heterocycles. The summed E-state index contributed by atoms with van der Waals surface area (Å²) >= 11 is 0. The Kier molecular flexibility index (Phi) is 3.21. The van der Waals surface area contributed by atoms with Gasteiger partial charge in [0.1, 0.15) is 11.7 Å². The monoisotopic (exact) mass is 207 g/mol. The molecule has 0 atom stereocenters.